The first-order valence-electron chi connectivity index (χ1n) is 5.00. The Bertz CT molecular complexity index is 468. The smallest absolute Gasteiger partial charge is 0.123 e. The van der Waals surface area contributed by atoms with Gasteiger partial charge in [0.05, 0.1) is 12.8 Å². The van der Waals surface area contributed by atoms with Crippen LogP contribution in [0.5, 0.6) is 5.75 Å². The molecule has 1 N–H and O–H groups in total. The summed E-state index contributed by atoms with van der Waals surface area (Å²) in [4.78, 5) is 0. The van der Waals surface area contributed by atoms with Crippen LogP contribution in [0.4, 0.5) is 0 Å². The monoisotopic (exact) mass is 236 g/mol. The van der Waals surface area contributed by atoms with Crippen LogP contribution in [0, 0.1) is 6.92 Å². The van der Waals surface area contributed by atoms with Crippen molar-refractivity contribution >= 4 is 11.6 Å². The topological polar surface area (TPSA) is 37.9 Å². The number of benzene rings is 1. The molecular weight excluding hydrogens is 224 g/mol. The first-order valence-corrected chi connectivity index (χ1v) is 5.44. The van der Waals surface area contributed by atoms with Gasteiger partial charge in [0.2, 0.25) is 0 Å². The Morgan fingerprint density at radius 1 is 1.38 bits per heavy atom. The second-order valence-electron chi connectivity index (χ2n) is 3.62. The lowest BCUT2D eigenvalue weighted by molar-refractivity contribution is 0.410. The van der Waals surface area contributed by atoms with E-state index >= 15 is 0 Å². The molecule has 0 aliphatic carbocycles. The molecule has 0 spiro atoms. The average Bonchev–Trinajstić information content (AvgIpc) is 2.81. The minimum atomic E-state index is -0.266. The average molecular weight is 237 g/mol. The van der Waals surface area contributed by atoms with Crippen LogP contribution in [-0.2, 0) is 0 Å². The predicted molar refractivity (Wildman–Crippen MR) is 64.0 cm³/mol. The van der Waals surface area contributed by atoms with E-state index in [1.54, 1.807) is 13.3 Å². The molecule has 0 fully saturated rings. The number of aromatic nitrogens is 2. The molecule has 1 aromatic carbocycles. The maximum Gasteiger partial charge on any atom is 0.123 e. The molecule has 3 nitrogen and oxygen atoms in total. The number of ether oxygens (including phenoxy) is 1. The highest BCUT2D eigenvalue weighted by atomic mass is 35.5. The second kappa shape index (κ2) is 4.58. The molecule has 1 aromatic heterocycles. The van der Waals surface area contributed by atoms with Gasteiger partial charge in [0.1, 0.15) is 11.1 Å². The van der Waals surface area contributed by atoms with Crippen molar-refractivity contribution in [3.8, 4) is 5.75 Å². The first-order chi connectivity index (χ1) is 7.72. The molecule has 0 amide bonds. The lowest BCUT2D eigenvalue weighted by Gasteiger charge is -2.13. The Morgan fingerprint density at radius 3 is 2.81 bits per heavy atom. The van der Waals surface area contributed by atoms with Gasteiger partial charge < -0.3 is 4.74 Å². The van der Waals surface area contributed by atoms with Crippen LogP contribution in [-0.4, -0.2) is 17.3 Å². The van der Waals surface area contributed by atoms with E-state index in [-0.39, 0.29) is 5.38 Å². The zero-order valence-corrected chi connectivity index (χ0v) is 9.95. The van der Waals surface area contributed by atoms with Crippen LogP contribution in [0.1, 0.15) is 22.2 Å². The van der Waals surface area contributed by atoms with Gasteiger partial charge in [-0.25, -0.2) is 0 Å². The Hall–Kier alpha value is -1.48. The zero-order valence-electron chi connectivity index (χ0n) is 9.20. The summed E-state index contributed by atoms with van der Waals surface area (Å²) in [5.74, 6) is 0.792. The molecule has 0 saturated heterocycles. The van der Waals surface area contributed by atoms with Crippen molar-refractivity contribution in [2.24, 2.45) is 0 Å². The van der Waals surface area contributed by atoms with Crippen LogP contribution in [0.2, 0.25) is 0 Å². The number of nitrogens with zero attached hydrogens (tertiary/aromatic N) is 1. The predicted octanol–water partition coefficient (Wildman–Crippen LogP) is 3.05. The molecule has 4 heteroatoms. The number of methoxy groups -OCH3 is 1. The SMILES string of the molecule is COc1ccc(C)cc1C(Cl)c1ccn[nH]1. The number of aromatic amines is 1. The molecule has 1 atom stereocenters. The van der Waals surface area contributed by atoms with Crippen molar-refractivity contribution in [1.82, 2.24) is 10.2 Å². The van der Waals surface area contributed by atoms with Crippen molar-refractivity contribution in [2.45, 2.75) is 12.3 Å². The van der Waals surface area contributed by atoms with Crippen molar-refractivity contribution in [2.75, 3.05) is 7.11 Å². The van der Waals surface area contributed by atoms with Gasteiger partial charge in [-0.2, -0.15) is 5.10 Å². The Morgan fingerprint density at radius 2 is 2.19 bits per heavy atom. The van der Waals surface area contributed by atoms with Gasteiger partial charge in [0.25, 0.3) is 0 Å². The summed E-state index contributed by atoms with van der Waals surface area (Å²) in [5.41, 5.74) is 2.97. The van der Waals surface area contributed by atoms with Gasteiger partial charge in [0, 0.05) is 11.8 Å². The molecular formula is C12H13ClN2O. The van der Waals surface area contributed by atoms with E-state index in [1.165, 1.54) is 0 Å². The number of hydrogen-bond acceptors (Lipinski definition) is 2. The molecule has 0 aliphatic rings. The summed E-state index contributed by atoms with van der Waals surface area (Å²) in [5, 5.41) is 6.50. The maximum atomic E-state index is 6.38. The van der Waals surface area contributed by atoms with Crippen molar-refractivity contribution in [3.05, 3.63) is 47.3 Å². The minimum Gasteiger partial charge on any atom is -0.496 e. The van der Waals surface area contributed by atoms with E-state index in [0.29, 0.717) is 0 Å². The summed E-state index contributed by atoms with van der Waals surface area (Å²) < 4.78 is 5.30. The molecule has 1 heterocycles. The Kier molecular flexibility index (Phi) is 3.15. The number of alkyl halides is 1. The lowest BCUT2D eigenvalue weighted by Crippen LogP contribution is -1.98. The number of rotatable bonds is 3. The van der Waals surface area contributed by atoms with Gasteiger partial charge in [-0.15, -0.1) is 11.6 Å². The van der Waals surface area contributed by atoms with E-state index < -0.39 is 0 Å². The molecule has 0 bridgehead atoms. The highest BCUT2D eigenvalue weighted by Gasteiger charge is 2.16. The highest BCUT2D eigenvalue weighted by molar-refractivity contribution is 6.22. The Labute approximate surface area is 99.4 Å². The number of aryl methyl sites for hydroxylation is 1. The fraction of sp³-hybridized carbons (Fsp3) is 0.250. The summed E-state index contributed by atoms with van der Waals surface area (Å²) >= 11 is 6.38. The Balaban J connectivity index is 2.42. The van der Waals surface area contributed by atoms with E-state index in [1.807, 2.05) is 31.2 Å². The van der Waals surface area contributed by atoms with Crippen LogP contribution >= 0.6 is 11.6 Å². The largest absolute Gasteiger partial charge is 0.496 e. The molecule has 0 saturated carbocycles. The maximum absolute atomic E-state index is 6.38. The standard InChI is InChI=1S/C12H13ClN2O/c1-8-3-4-11(16-2)9(7-8)12(13)10-5-6-14-15-10/h3-7,12H,1-2H3,(H,14,15). The minimum absolute atomic E-state index is 0.266. The number of hydrogen-bond donors (Lipinski definition) is 1. The fourth-order valence-electron chi connectivity index (χ4n) is 1.63. The summed E-state index contributed by atoms with van der Waals surface area (Å²) in [6, 6.07) is 7.81. The third kappa shape index (κ3) is 2.04. The molecule has 1 unspecified atom stereocenters. The first kappa shape index (κ1) is 11.0. The van der Waals surface area contributed by atoms with E-state index in [4.69, 9.17) is 16.3 Å². The molecule has 0 aliphatic heterocycles. The third-order valence-corrected chi connectivity index (χ3v) is 2.92. The molecule has 0 radical (unpaired) electrons. The van der Waals surface area contributed by atoms with Crippen molar-refractivity contribution in [3.63, 3.8) is 0 Å². The summed E-state index contributed by atoms with van der Waals surface area (Å²) in [6.45, 7) is 2.03. The molecule has 2 rings (SSSR count). The normalized spacial score (nSPS) is 12.4. The number of halogens is 1. The summed E-state index contributed by atoms with van der Waals surface area (Å²) in [6.07, 6.45) is 1.69. The van der Waals surface area contributed by atoms with E-state index in [2.05, 4.69) is 10.2 Å². The highest BCUT2D eigenvalue weighted by Crippen LogP contribution is 2.34. The summed E-state index contributed by atoms with van der Waals surface area (Å²) in [7, 11) is 1.64. The quantitative estimate of drug-likeness (QED) is 0.832. The van der Waals surface area contributed by atoms with Gasteiger partial charge in [-0.3, -0.25) is 5.10 Å². The third-order valence-electron chi connectivity index (χ3n) is 2.45. The fourth-order valence-corrected chi connectivity index (χ4v) is 1.92. The van der Waals surface area contributed by atoms with Gasteiger partial charge >= 0.3 is 0 Å². The van der Waals surface area contributed by atoms with Gasteiger partial charge in [-0.1, -0.05) is 17.7 Å². The van der Waals surface area contributed by atoms with Crippen LogP contribution in [0.15, 0.2) is 30.5 Å². The number of nitrogens with one attached hydrogen (secondary N) is 1. The van der Waals surface area contributed by atoms with Crippen molar-refractivity contribution in [1.29, 1.82) is 0 Å². The van der Waals surface area contributed by atoms with Gasteiger partial charge in [-0.05, 0) is 19.1 Å². The molecule has 16 heavy (non-hydrogen) atoms. The zero-order chi connectivity index (χ0) is 11.5. The van der Waals surface area contributed by atoms with E-state index in [9.17, 15) is 0 Å². The van der Waals surface area contributed by atoms with Crippen LogP contribution in [0.3, 0.4) is 0 Å². The lowest BCUT2D eigenvalue weighted by atomic mass is 10.1. The number of H-pyrrole nitrogens is 1. The molecule has 84 valence electrons. The van der Waals surface area contributed by atoms with Crippen LogP contribution < -0.4 is 4.74 Å². The van der Waals surface area contributed by atoms with E-state index in [0.717, 1.165) is 22.6 Å². The van der Waals surface area contributed by atoms with Gasteiger partial charge in [0.15, 0.2) is 0 Å². The molecule has 2 aromatic rings. The van der Waals surface area contributed by atoms with Crippen LogP contribution in [0.25, 0.3) is 0 Å². The van der Waals surface area contributed by atoms with Crippen molar-refractivity contribution < 1.29 is 4.74 Å². The second-order valence-corrected chi connectivity index (χ2v) is 4.06.